The highest BCUT2D eigenvalue weighted by molar-refractivity contribution is 7.13. The molecule has 1 aromatic heterocycles. The molecule has 2 atom stereocenters. The summed E-state index contributed by atoms with van der Waals surface area (Å²) in [6.07, 6.45) is 1.24. The van der Waals surface area contributed by atoms with Gasteiger partial charge in [-0.25, -0.2) is 9.78 Å². The topological polar surface area (TPSA) is 88.5 Å². The fourth-order valence-electron chi connectivity index (χ4n) is 2.04. The van der Waals surface area contributed by atoms with Crippen LogP contribution < -0.4 is 5.32 Å². The molecule has 1 amide bonds. The van der Waals surface area contributed by atoms with Crippen LogP contribution in [0.25, 0.3) is 0 Å². The first-order valence-corrected chi connectivity index (χ1v) is 8.00. The SMILES string of the molecule is CCOC(C)c1ncc(C(=O)N[C@H](C(=O)O)c2ccccc2)s1. The maximum Gasteiger partial charge on any atom is 0.330 e. The Morgan fingerprint density at radius 3 is 2.65 bits per heavy atom. The van der Waals surface area contributed by atoms with Crippen molar-refractivity contribution in [2.75, 3.05) is 6.61 Å². The molecule has 2 aromatic rings. The minimum absolute atomic E-state index is 0.198. The number of amides is 1. The van der Waals surface area contributed by atoms with E-state index in [0.29, 0.717) is 22.1 Å². The normalized spacial score (nSPS) is 13.3. The highest BCUT2D eigenvalue weighted by Crippen LogP contribution is 2.23. The van der Waals surface area contributed by atoms with E-state index in [1.54, 1.807) is 30.3 Å². The number of aromatic nitrogens is 1. The van der Waals surface area contributed by atoms with Crippen LogP contribution >= 0.6 is 11.3 Å². The first-order chi connectivity index (χ1) is 11.0. The summed E-state index contributed by atoms with van der Waals surface area (Å²) in [6, 6.07) is 7.47. The summed E-state index contributed by atoms with van der Waals surface area (Å²) in [6.45, 7) is 4.29. The number of benzene rings is 1. The van der Waals surface area contributed by atoms with E-state index in [0.717, 1.165) is 0 Å². The number of hydrogen-bond acceptors (Lipinski definition) is 5. The Balaban J connectivity index is 2.12. The molecular formula is C16H18N2O4S. The van der Waals surface area contributed by atoms with Crippen molar-refractivity contribution in [3.05, 3.63) is 52.0 Å². The average molecular weight is 334 g/mol. The Morgan fingerprint density at radius 1 is 1.35 bits per heavy atom. The number of ether oxygens (including phenoxy) is 1. The molecule has 1 aromatic carbocycles. The maximum absolute atomic E-state index is 12.3. The maximum atomic E-state index is 12.3. The van der Waals surface area contributed by atoms with Crippen LogP contribution in [0.1, 0.15) is 46.2 Å². The van der Waals surface area contributed by atoms with Crippen molar-refractivity contribution in [2.24, 2.45) is 0 Å². The second-order valence-corrected chi connectivity index (χ2v) is 5.88. The molecule has 0 spiro atoms. The number of nitrogens with zero attached hydrogens (tertiary/aromatic N) is 1. The molecule has 1 heterocycles. The van der Waals surface area contributed by atoms with Gasteiger partial charge in [-0.3, -0.25) is 4.79 Å². The number of nitrogens with one attached hydrogen (secondary N) is 1. The molecule has 0 saturated carbocycles. The van der Waals surface area contributed by atoms with Gasteiger partial charge < -0.3 is 15.2 Å². The van der Waals surface area contributed by atoms with Gasteiger partial charge in [0.2, 0.25) is 0 Å². The second-order valence-electron chi connectivity index (χ2n) is 4.82. The Labute approximate surface area is 138 Å². The monoisotopic (exact) mass is 334 g/mol. The van der Waals surface area contributed by atoms with Crippen LogP contribution in [-0.4, -0.2) is 28.6 Å². The Bertz CT molecular complexity index is 672. The van der Waals surface area contributed by atoms with Crippen molar-refractivity contribution in [1.82, 2.24) is 10.3 Å². The summed E-state index contributed by atoms with van der Waals surface area (Å²) >= 11 is 1.20. The molecule has 6 nitrogen and oxygen atoms in total. The zero-order valence-corrected chi connectivity index (χ0v) is 13.7. The number of carboxylic acid groups (broad SMARTS) is 1. The van der Waals surface area contributed by atoms with Gasteiger partial charge in [-0.15, -0.1) is 11.3 Å². The Morgan fingerprint density at radius 2 is 2.04 bits per heavy atom. The number of carbonyl (C=O) groups is 2. The number of thiazole rings is 1. The molecular weight excluding hydrogens is 316 g/mol. The lowest BCUT2D eigenvalue weighted by atomic mass is 10.1. The summed E-state index contributed by atoms with van der Waals surface area (Å²) in [7, 11) is 0. The fourth-order valence-corrected chi connectivity index (χ4v) is 2.86. The van der Waals surface area contributed by atoms with Crippen molar-refractivity contribution in [1.29, 1.82) is 0 Å². The second kappa shape index (κ2) is 7.85. The van der Waals surface area contributed by atoms with Crippen LogP contribution in [0.4, 0.5) is 0 Å². The van der Waals surface area contributed by atoms with Crippen LogP contribution in [0.15, 0.2) is 36.5 Å². The van der Waals surface area contributed by atoms with Gasteiger partial charge in [0.1, 0.15) is 16.0 Å². The molecule has 0 saturated heterocycles. The van der Waals surface area contributed by atoms with E-state index in [-0.39, 0.29) is 6.10 Å². The molecule has 2 N–H and O–H groups in total. The van der Waals surface area contributed by atoms with E-state index in [4.69, 9.17) is 4.74 Å². The molecule has 0 aliphatic rings. The first kappa shape index (κ1) is 17.1. The molecule has 0 radical (unpaired) electrons. The highest BCUT2D eigenvalue weighted by atomic mass is 32.1. The third-order valence-electron chi connectivity index (χ3n) is 3.17. The van der Waals surface area contributed by atoms with E-state index in [9.17, 15) is 14.7 Å². The fraction of sp³-hybridized carbons (Fsp3) is 0.312. The molecule has 1 unspecified atom stereocenters. The van der Waals surface area contributed by atoms with Gasteiger partial charge in [0.25, 0.3) is 5.91 Å². The molecule has 0 bridgehead atoms. The molecule has 2 rings (SSSR count). The van der Waals surface area contributed by atoms with Crippen LogP contribution in [0, 0.1) is 0 Å². The molecule has 0 fully saturated rings. The minimum atomic E-state index is -1.11. The number of rotatable bonds is 7. The van der Waals surface area contributed by atoms with Crippen molar-refractivity contribution < 1.29 is 19.4 Å². The number of hydrogen-bond donors (Lipinski definition) is 2. The van der Waals surface area contributed by atoms with E-state index in [2.05, 4.69) is 10.3 Å². The Kier molecular flexibility index (Phi) is 5.84. The van der Waals surface area contributed by atoms with Crippen molar-refractivity contribution in [3.8, 4) is 0 Å². The lowest BCUT2D eigenvalue weighted by molar-refractivity contribution is -0.139. The standard InChI is InChI=1S/C16H18N2O4S/c1-3-22-10(2)15-17-9-12(23-15)14(19)18-13(16(20)21)11-7-5-4-6-8-11/h4-10,13H,3H2,1-2H3,(H,18,19)(H,20,21)/t10?,13-/m0/s1. The predicted octanol–water partition coefficient (Wildman–Crippen LogP) is 2.80. The summed E-state index contributed by atoms with van der Waals surface area (Å²) < 4.78 is 5.43. The van der Waals surface area contributed by atoms with E-state index >= 15 is 0 Å². The lowest BCUT2D eigenvalue weighted by Crippen LogP contribution is -2.33. The number of carbonyl (C=O) groups excluding carboxylic acids is 1. The molecule has 7 heteroatoms. The Hall–Kier alpha value is -2.25. The smallest absolute Gasteiger partial charge is 0.330 e. The summed E-state index contributed by atoms with van der Waals surface area (Å²) in [4.78, 5) is 28.2. The third kappa shape index (κ3) is 4.37. The molecule has 122 valence electrons. The number of carboxylic acids is 1. The van der Waals surface area contributed by atoms with Crippen molar-refractivity contribution in [3.63, 3.8) is 0 Å². The quantitative estimate of drug-likeness (QED) is 0.813. The average Bonchev–Trinajstić information content (AvgIpc) is 3.03. The minimum Gasteiger partial charge on any atom is -0.479 e. The molecule has 23 heavy (non-hydrogen) atoms. The summed E-state index contributed by atoms with van der Waals surface area (Å²) in [5.41, 5.74) is 0.515. The molecule has 0 aliphatic carbocycles. The van der Waals surface area contributed by atoms with Gasteiger partial charge in [-0.2, -0.15) is 0 Å². The van der Waals surface area contributed by atoms with Gasteiger partial charge in [0, 0.05) is 6.61 Å². The van der Waals surface area contributed by atoms with Crippen LogP contribution in [0.3, 0.4) is 0 Å². The summed E-state index contributed by atoms with van der Waals surface area (Å²) in [5, 5.41) is 12.5. The van der Waals surface area contributed by atoms with Crippen LogP contribution in [0.2, 0.25) is 0 Å². The van der Waals surface area contributed by atoms with Gasteiger partial charge in [0.15, 0.2) is 6.04 Å². The van der Waals surface area contributed by atoms with E-state index in [1.807, 2.05) is 13.8 Å². The first-order valence-electron chi connectivity index (χ1n) is 7.18. The molecule has 0 aliphatic heterocycles. The zero-order valence-electron chi connectivity index (χ0n) is 12.9. The third-order valence-corrected chi connectivity index (χ3v) is 4.32. The van der Waals surface area contributed by atoms with Gasteiger partial charge in [-0.1, -0.05) is 30.3 Å². The van der Waals surface area contributed by atoms with E-state index < -0.39 is 17.9 Å². The van der Waals surface area contributed by atoms with Crippen LogP contribution in [-0.2, 0) is 9.53 Å². The van der Waals surface area contributed by atoms with Crippen LogP contribution in [0.5, 0.6) is 0 Å². The van der Waals surface area contributed by atoms with E-state index in [1.165, 1.54) is 17.5 Å². The zero-order chi connectivity index (χ0) is 16.8. The van der Waals surface area contributed by atoms with Gasteiger partial charge in [-0.05, 0) is 19.4 Å². The number of aliphatic carboxylic acids is 1. The van der Waals surface area contributed by atoms with Crippen molar-refractivity contribution >= 4 is 23.2 Å². The van der Waals surface area contributed by atoms with Gasteiger partial charge >= 0.3 is 5.97 Å². The largest absolute Gasteiger partial charge is 0.479 e. The van der Waals surface area contributed by atoms with Crippen molar-refractivity contribution in [2.45, 2.75) is 26.0 Å². The van der Waals surface area contributed by atoms with Gasteiger partial charge in [0.05, 0.1) is 6.20 Å². The summed E-state index contributed by atoms with van der Waals surface area (Å²) in [5.74, 6) is -1.58. The lowest BCUT2D eigenvalue weighted by Gasteiger charge is -2.14. The predicted molar refractivity (Wildman–Crippen MR) is 86.4 cm³/mol. The highest BCUT2D eigenvalue weighted by Gasteiger charge is 2.24.